The van der Waals surface area contributed by atoms with Crippen LogP contribution >= 0.6 is 0 Å². The smallest absolute Gasteiger partial charge is 0.231 e. The number of hydrogen-bond donors (Lipinski definition) is 0. The van der Waals surface area contributed by atoms with Crippen molar-refractivity contribution in [2.75, 3.05) is 13.3 Å². The molecule has 1 aliphatic heterocycles. The molecule has 1 heterocycles. The summed E-state index contributed by atoms with van der Waals surface area (Å²) in [6, 6.07) is 5.84. The van der Waals surface area contributed by atoms with Gasteiger partial charge in [0.2, 0.25) is 12.7 Å². The van der Waals surface area contributed by atoms with E-state index in [0.717, 1.165) is 23.6 Å². The van der Waals surface area contributed by atoms with Crippen molar-refractivity contribution in [3.8, 4) is 11.5 Å². The summed E-state index contributed by atoms with van der Waals surface area (Å²) < 4.78 is 10.6. The number of carbonyl (C=O) groups is 1. The zero-order valence-electron chi connectivity index (χ0n) is 11.8. The Hall–Kier alpha value is -1.71. The highest BCUT2D eigenvalue weighted by atomic mass is 16.7. The van der Waals surface area contributed by atoms with Gasteiger partial charge in [-0.3, -0.25) is 4.79 Å². The maximum atomic E-state index is 12.1. The molecular formula is C15H21NO3. The molecule has 0 aromatic heterocycles. The first-order valence-electron chi connectivity index (χ1n) is 6.76. The summed E-state index contributed by atoms with van der Waals surface area (Å²) >= 11 is 0. The van der Waals surface area contributed by atoms with Gasteiger partial charge in [-0.25, -0.2) is 0 Å². The summed E-state index contributed by atoms with van der Waals surface area (Å²) in [6.07, 6.45) is 0.596. The van der Waals surface area contributed by atoms with Crippen LogP contribution < -0.4 is 9.47 Å². The van der Waals surface area contributed by atoms with E-state index >= 15 is 0 Å². The SMILES string of the molecule is CCN(Cc1ccc2c(c1)OCO2)C(=O)CC(C)C. The zero-order valence-corrected chi connectivity index (χ0v) is 11.8. The molecule has 104 valence electrons. The van der Waals surface area contributed by atoms with Crippen LogP contribution in [-0.4, -0.2) is 24.1 Å². The zero-order chi connectivity index (χ0) is 13.8. The van der Waals surface area contributed by atoms with Gasteiger partial charge in [0, 0.05) is 19.5 Å². The molecule has 0 aliphatic carbocycles. The van der Waals surface area contributed by atoms with Crippen LogP contribution in [0, 0.1) is 5.92 Å². The molecule has 1 amide bonds. The lowest BCUT2D eigenvalue weighted by Crippen LogP contribution is -2.31. The van der Waals surface area contributed by atoms with Gasteiger partial charge in [-0.15, -0.1) is 0 Å². The van der Waals surface area contributed by atoms with Crippen molar-refractivity contribution in [1.82, 2.24) is 4.90 Å². The van der Waals surface area contributed by atoms with Gasteiger partial charge >= 0.3 is 0 Å². The Labute approximate surface area is 114 Å². The molecule has 0 bridgehead atoms. The predicted molar refractivity (Wildman–Crippen MR) is 73.1 cm³/mol. The fourth-order valence-electron chi connectivity index (χ4n) is 2.11. The molecule has 0 unspecified atom stereocenters. The Morgan fingerprint density at radius 1 is 1.32 bits per heavy atom. The molecule has 0 atom stereocenters. The summed E-state index contributed by atoms with van der Waals surface area (Å²) in [5.41, 5.74) is 1.07. The molecule has 1 aromatic rings. The Balaban J connectivity index is 2.04. The average molecular weight is 263 g/mol. The first kappa shape index (κ1) is 13.7. The summed E-state index contributed by atoms with van der Waals surface area (Å²) in [6.45, 7) is 7.76. The standard InChI is InChI=1S/C15H21NO3/c1-4-16(15(17)7-11(2)3)9-12-5-6-13-14(8-12)19-10-18-13/h5-6,8,11H,4,7,9-10H2,1-3H3. The van der Waals surface area contributed by atoms with Gasteiger partial charge in [0.15, 0.2) is 11.5 Å². The van der Waals surface area contributed by atoms with E-state index in [-0.39, 0.29) is 12.7 Å². The third kappa shape index (κ3) is 3.40. The maximum Gasteiger partial charge on any atom is 0.231 e. The largest absolute Gasteiger partial charge is 0.454 e. The third-order valence-corrected chi connectivity index (χ3v) is 3.13. The van der Waals surface area contributed by atoms with E-state index < -0.39 is 0 Å². The first-order valence-corrected chi connectivity index (χ1v) is 6.76. The summed E-state index contributed by atoms with van der Waals surface area (Å²) in [7, 11) is 0. The molecule has 1 aromatic carbocycles. The number of amides is 1. The van der Waals surface area contributed by atoms with E-state index in [2.05, 4.69) is 13.8 Å². The molecule has 0 radical (unpaired) electrons. The van der Waals surface area contributed by atoms with Crippen molar-refractivity contribution < 1.29 is 14.3 Å². The topological polar surface area (TPSA) is 38.8 Å². The van der Waals surface area contributed by atoms with Gasteiger partial charge in [-0.1, -0.05) is 19.9 Å². The van der Waals surface area contributed by atoms with Crippen LogP contribution in [-0.2, 0) is 11.3 Å². The quantitative estimate of drug-likeness (QED) is 0.820. The number of ether oxygens (including phenoxy) is 2. The van der Waals surface area contributed by atoms with Crippen LogP contribution in [0.4, 0.5) is 0 Å². The van der Waals surface area contributed by atoms with Gasteiger partial charge in [0.05, 0.1) is 0 Å². The number of nitrogens with zero attached hydrogens (tertiary/aromatic N) is 1. The van der Waals surface area contributed by atoms with E-state index in [4.69, 9.17) is 9.47 Å². The summed E-state index contributed by atoms with van der Waals surface area (Å²) in [4.78, 5) is 14.0. The van der Waals surface area contributed by atoms with E-state index in [1.807, 2.05) is 30.0 Å². The van der Waals surface area contributed by atoms with Crippen molar-refractivity contribution in [3.63, 3.8) is 0 Å². The van der Waals surface area contributed by atoms with Crippen LogP contribution in [0.2, 0.25) is 0 Å². The fraction of sp³-hybridized carbons (Fsp3) is 0.533. The highest BCUT2D eigenvalue weighted by Gasteiger charge is 2.17. The molecule has 4 nitrogen and oxygen atoms in total. The fourth-order valence-corrected chi connectivity index (χ4v) is 2.11. The van der Waals surface area contributed by atoms with Crippen LogP contribution in [0.3, 0.4) is 0 Å². The molecule has 19 heavy (non-hydrogen) atoms. The van der Waals surface area contributed by atoms with E-state index in [1.54, 1.807) is 0 Å². The number of benzene rings is 1. The Bertz CT molecular complexity index is 457. The summed E-state index contributed by atoms with van der Waals surface area (Å²) in [5.74, 6) is 2.14. The van der Waals surface area contributed by atoms with Crippen molar-refractivity contribution in [2.45, 2.75) is 33.7 Å². The molecule has 0 saturated carbocycles. The van der Waals surface area contributed by atoms with Crippen molar-refractivity contribution >= 4 is 5.91 Å². The highest BCUT2D eigenvalue weighted by molar-refractivity contribution is 5.76. The van der Waals surface area contributed by atoms with E-state index in [1.165, 1.54) is 0 Å². The second kappa shape index (κ2) is 5.95. The average Bonchev–Trinajstić information content (AvgIpc) is 2.82. The number of hydrogen-bond acceptors (Lipinski definition) is 3. The van der Waals surface area contributed by atoms with Crippen LogP contribution in [0.5, 0.6) is 11.5 Å². The molecule has 0 N–H and O–H groups in total. The van der Waals surface area contributed by atoms with Crippen LogP contribution in [0.1, 0.15) is 32.8 Å². The van der Waals surface area contributed by atoms with Crippen molar-refractivity contribution in [2.24, 2.45) is 5.92 Å². The molecule has 1 aliphatic rings. The molecule has 0 spiro atoms. The van der Waals surface area contributed by atoms with Gasteiger partial charge in [0.25, 0.3) is 0 Å². The monoisotopic (exact) mass is 263 g/mol. The molecule has 2 rings (SSSR count). The van der Waals surface area contributed by atoms with Gasteiger partial charge in [0.1, 0.15) is 0 Å². The lowest BCUT2D eigenvalue weighted by molar-refractivity contribution is -0.132. The van der Waals surface area contributed by atoms with Gasteiger partial charge in [-0.2, -0.15) is 0 Å². The van der Waals surface area contributed by atoms with E-state index in [9.17, 15) is 4.79 Å². The molecule has 0 fully saturated rings. The molecule has 0 saturated heterocycles. The Kier molecular flexibility index (Phi) is 4.30. The highest BCUT2D eigenvalue weighted by Crippen LogP contribution is 2.32. The lowest BCUT2D eigenvalue weighted by atomic mass is 10.1. The van der Waals surface area contributed by atoms with Gasteiger partial charge < -0.3 is 14.4 Å². The molecule has 4 heteroatoms. The normalized spacial score (nSPS) is 12.8. The second-order valence-corrected chi connectivity index (χ2v) is 5.19. The number of fused-ring (bicyclic) bond motifs is 1. The number of rotatable bonds is 5. The van der Waals surface area contributed by atoms with E-state index in [0.29, 0.717) is 18.9 Å². The summed E-state index contributed by atoms with van der Waals surface area (Å²) in [5, 5.41) is 0. The van der Waals surface area contributed by atoms with Crippen LogP contribution in [0.25, 0.3) is 0 Å². The predicted octanol–water partition coefficient (Wildman–Crippen LogP) is 2.81. The van der Waals surface area contributed by atoms with Crippen LogP contribution in [0.15, 0.2) is 18.2 Å². The number of carbonyl (C=O) groups excluding carboxylic acids is 1. The Morgan fingerprint density at radius 2 is 2.05 bits per heavy atom. The van der Waals surface area contributed by atoms with Gasteiger partial charge in [-0.05, 0) is 30.5 Å². The minimum atomic E-state index is 0.204. The Morgan fingerprint density at radius 3 is 2.74 bits per heavy atom. The third-order valence-electron chi connectivity index (χ3n) is 3.13. The lowest BCUT2D eigenvalue weighted by Gasteiger charge is -2.22. The minimum absolute atomic E-state index is 0.204. The minimum Gasteiger partial charge on any atom is -0.454 e. The second-order valence-electron chi connectivity index (χ2n) is 5.19. The maximum absolute atomic E-state index is 12.1. The van der Waals surface area contributed by atoms with Crippen molar-refractivity contribution in [1.29, 1.82) is 0 Å². The first-order chi connectivity index (χ1) is 9.10. The van der Waals surface area contributed by atoms with Crippen molar-refractivity contribution in [3.05, 3.63) is 23.8 Å². The molecular weight excluding hydrogens is 242 g/mol.